The van der Waals surface area contributed by atoms with Crippen LogP contribution in [0.4, 0.5) is 0 Å². The van der Waals surface area contributed by atoms with E-state index in [1.165, 1.54) is 16.7 Å². The third-order valence-electron chi connectivity index (χ3n) is 3.92. The molecule has 26 heavy (non-hydrogen) atoms. The fraction of sp³-hybridized carbons (Fsp3) is 0.100. The number of benzene rings is 2. The van der Waals surface area contributed by atoms with Crippen LogP contribution in [0.5, 0.6) is 5.75 Å². The number of thioether (sulfide) groups is 1. The molecule has 1 saturated heterocycles. The monoisotopic (exact) mass is 401 g/mol. The van der Waals surface area contributed by atoms with Gasteiger partial charge < -0.3 is 5.11 Å². The number of thiocarbonyl (C=S) groups is 1. The Morgan fingerprint density at radius 3 is 2.77 bits per heavy atom. The molecule has 0 aliphatic carbocycles. The summed E-state index contributed by atoms with van der Waals surface area (Å²) in [5, 5.41) is 10.9. The lowest BCUT2D eigenvalue weighted by Gasteiger charge is -2.10. The van der Waals surface area contributed by atoms with E-state index >= 15 is 0 Å². The molecule has 0 spiro atoms. The molecular formula is C20H16ClNO2S2. The maximum atomic E-state index is 12.4. The summed E-state index contributed by atoms with van der Waals surface area (Å²) in [7, 11) is 0. The summed E-state index contributed by atoms with van der Waals surface area (Å²) >= 11 is 12.7. The van der Waals surface area contributed by atoms with Crippen molar-refractivity contribution in [2.24, 2.45) is 0 Å². The highest BCUT2D eigenvalue weighted by Gasteiger charge is 2.31. The Bertz CT molecular complexity index is 924. The molecule has 0 saturated carbocycles. The van der Waals surface area contributed by atoms with Gasteiger partial charge in [0.2, 0.25) is 0 Å². The smallest absolute Gasteiger partial charge is 0.266 e. The Balaban J connectivity index is 1.89. The van der Waals surface area contributed by atoms with Crippen LogP contribution >= 0.6 is 35.6 Å². The first kappa shape index (κ1) is 18.7. The van der Waals surface area contributed by atoms with Gasteiger partial charge in [0.25, 0.3) is 5.91 Å². The Hall–Kier alpha value is -2.08. The van der Waals surface area contributed by atoms with Crippen LogP contribution in [0.1, 0.15) is 16.7 Å². The van der Waals surface area contributed by atoms with Gasteiger partial charge in [0, 0.05) is 17.1 Å². The molecule has 0 radical (unpaired) electrons. The third kappa shape index (κ3) is 4.01. The second kappa shape index (κ2) is 8.08. The predicted molar refractivity (Wildman–Crippen MR) is 112 cm³/mol. The number of carbonyl (C=O) groups is 1. The molecule has 132 valence electrons. The van der Waals surface area contributed by atoms with Gasteiger partial charge in [0.15, 0.2) is 0 Å². The molecule has 0 aromatic heterocycles. The summed E-state index contributed by atoms with van der Waals surface area (Å²) in [6, 6.07) is 13.0. The van der Waals surface area contributed by atoms with Gasteiger partial charge in [0.1, 0.15) is 10.1 Å². The number of hydrogen-bond donors (Lipinski definition) is 1. The maximum Gasteiger partial charge on any atom is 0.266 e. The fourth-order valence-electron chi connectivity index (χ4n) is 2.62. The zero-order valence-corrected chi connectivity index (χ0v) is 16.2. The highest BCUT2D eigenvalue weighted by molar-refractivity contribution is 8.26. The second-order valence-corrected chi connectivity index (χ2v) is 7.83. The number of phenolic OH excluding ortho intramolecular Hbond substituents is 1. The van der Waals surface area contributed by atoms with Crippen molar-refractivity contribution in [1.82, 2.24) is 4.90 Å². The minimum Gasteiger partial charge on any atom is -0.507 e. The van der Waals surface area contributed by atoms with Crippen LogP contribution in [-0.2, 0) is 11.2 Å². The average Bonchev–Trinajstić information content (AvgIpc) is 2.88. The van der Waals surface area contributed by atoms with Gasteiger partial charge in [-0.3, -0.25) is 9.69 Å². The van der Waals surface area contributed by atoms with Crippen molar-refractivity contribution in [3.63, 3.8) is 0 Å². The van der Waals surface area contributed by atoms with Crippen LogP contribution in [0.15, 0.2) is 60.0 Å². The van der Waals surface area contributed by atoms with Crippen LogP contribution in [0.25, 0.3) is 6.08 Å². The lowest BCUT2D eigenvalue weighted by molar-refractivity contribution is -0.121. The molecule has 2 aromatic carbocycles. The SMILES string of the molecule is C=CCN1C(=O)/C(=C/c2cc(Cc3ccccc3Cl)ccc2O)SC1=S. The van der Waals surface area contributed by atoms with Gasteiger partial charge in [0.05, 0.1) is 4.91 Å². The molecule has 1 aliphatic rings. The second-order valence-electron chi connectivity index (χ2n) is 5.74. The molecule has 3 nitrogen and oxygen atoms in total. The maximum absolute atomic E-state index is 12.4. The Morgan fingerprint density at radius 2 is 2.04 bits per heavy atom. The lowest BCUT2D eigenvalue weighted by Crippen LogP contribution is -2.27. The summed E-state index contributed by atoms with van der Waals surface area (Å²) in [6.45, 7) is 4.02. The molecule has 1 aliphatic heterocycles. The number of nitrogens with zero attached hydrogens (tertiary/aromatic N) is 1. The molecule has 0 bridgehead atoms. The van der Waals surface area contributed by atoms with Crippen molar-refractivity contribution in [2.75, 3.05) is 6.54 Å². The van der Waals surface area contributed by atoms with E-state index in [1.807, 2.05) is 36.4 Å². The summed E-state index contributed by atoms with van der Waals surface area (Å²) < 4.78 is 0.493. The van der Waals surface area contributed by atoms with Gasteiger partial charge in [-0.15, -0.1) is 6.58 Å². The average molecular weight is 402 g/mol. The molecule has 0 unspecified atom stereocenters. The molecule has 3 rings (SSSR count). The normalized spacial score (nSPS) is 15.7. The first-order valence-corrected chi connectivity index (χ1v) is 9.51. The zero-order valence-electron chi connectivity index (χ0n) is 13.8. The quantitative estimate of drug-likeness (QED) is 0.433. The van der Waals surface area contributed by atoms with Crippen LogP contribution in [0.2, 0.25) is 5.02 Å². The number of halogens is 1. The van der Waals surface area contributed by atoms with E-state index in [-0.39, 0.29) is 11.7 Å². The van der Waals surface area contributed by atoms with E-state index in [0.717, 1.165) is 11.1 Å². The van der Waals surface area contributed by atoms with E-state index in [1.54, 1.807) is 18.2 Å². The summed E-state index contributed by atoms with van der Waals surface area (Å²) in [5.74, 6) is -0.0577. The number of aromatic hydroxyl groups is 1. The molecule has 1 fully saturated rings. The number of carbonyl (C=O) groups excluding carboxylic acids is 1. The van der Waals surface area contributed by atoms with Crippen molar-refractivity contribution in [1.29, 1.82) is 0 Å². The Morgan fingerprint density at radius 1 is 1.27 bits per heavy atom. The minimum atomic E-state index is -0.171. The van der Waals surface area contributed by atoms with E-state index in [2.05, 4.69) is 6.58 Å². The van der Waals surface area contributed by atoms with Crippen molar-refractivity contribution in [3.05, 3.63) is 81.7 Å². The highest BCUT2D eigenvalue weighted by Crippen LogP contribution is 2.34. The van der Waals surface area contributed by atoms with Crippen LogP contribution < -0.4 is 0 Å². The van der Waals surface area contributed by atoms with Gasteiger partial charge in [-0.05, 0) is 41.8 Å². The van der Waals surface area contributed by atoms with Crippen molar-refractivity contribution in [2.45, 2.75) is 6.42 Å². The highest BCUT2D eigenvalue weighted by atomic mass is 35.5. The summed E-state index contributed by atoms with van der Waals surface area (Å²) in [4.78, 5) is 14.4. The van der Waals surface area contributed by atoms with Crippen molar-refractivity contribution in [3.8, 4) is 5.75 Å². The number of rotatable bonds is 5. The van der Waals surface area contributed by atoms with E-state index in [4.69, 9.17) is 23.8 Å². The van der Waals surface area contributed by atoms with E-state index in [0.29, 0.717) is 32.8 Å². The van der Waals surface area contributed by atoms with Crippen LogP contribution in [-0.4, -0.2) is 26.8 Å². The molecule has 0 atom stereocenters. The number of amides is 1. The minimum absolute atomic E-state index is 0.113. The van der Waals surface area contributed by atoms with E-state index < -0.39 is 0 Å². The van der Waals surface area contributed by atoms with Gasteiger partial charge in [-0.1, -0.05) is 65.9 Å². The first-order valence-electron chi connectivity index (χ1n) is 7.91. The van der Waals surface area contributed by atoms with E-state index in [9.17, 15) is 9.90 Å². The Labute approximate surface area is 167 Å². The van der Waals surface area contributed by atoms with Crippen molar-refractivity contribution < 1.29 is 9.90 Å². The lowest BCUT2D eigenvalue weighted by atomic mass is 10.0. The van der Waals surface area contributed by atoms with Gasteiger partial charge >= 0.3 is 0 Å². The molecule has 2 aromatic rings. The fourth-order valence-corrected chi connectivity index (χ4v) is 4.09. The molecule has 1 amide bonds. The summed E-state index contributed by atoms with van der Waals surface area (Å²) in [5.41, 5.74) is 2.57. The van der Waals surface area contributed by atoms with Crippen LogP contribution in [0, 0.1) is 0 Å². The largest absolute Gasteiger partial charge is 0.507 e. The number of hydrogen-bond acceptors (Lipinski definition) is 4. The van der Waals surface area contributed by atoms with Crippen LogP contribution in [0.3, 0.4) is 0 Å². The number of phenols is 1. The van der Waals surface area contributed by atoms with Gasteiger partial charge in [-0.2, -0.15) is 0 Å². The first-order chi connectivity index (χ1) is 12.5. The molecule has 1 heterocycles. The zero-order chi connectivity index (χ0) is 18.7. The molecular weight excluding hydrogens is 386 g/mol. The Kier molecular flexibility index (Phi) is 5.81. The molecule has 1 N–H and O–H groups in total. The predicted octanol–water partition coefficient (Wildman–Crippen LogP) is 5.02. The third-order valence-corrected chi connectivity index (χ3v) is 5.66. The standard InChI is InChI=1S/C20H16ClNO2S2/c1-2-9-22-19(24)18(26-20(22)25)12-15-11-13(7-8-17(15)23)10-14-5-3-4-6-16(14)21/h2-8,11-12,23H,1,9-10H2/b18-12-. The molecule has 6 heteroatoms. The van der Waals surface area contributed by atoms with Gasteiger partial charge in [-0.25, -0.2) is 0 Å². The van der Waals surface area contributed by atoms with Crippen molar-refractivity contribution >= 4 is 51.9 Å². The topological polar surface area (TPSA) is 40.5 Å². The summed E-state index contributed by atoms with van der Waals surface area (Å²) in [6.07, 6.45) is 3.95.